The summed E-state index contributed by atoms with van der Waals surface area (Å²) < 4.78 is 24.2. The number of carbonyl (C=O) groups is 4. The Labute approximate surface area is 218 Å². The van der Waals surface area contributed by atoms with Crippen LogP contribution in [0, 0.1) is 28.6 Å². The van der Waals surface area contributed by atoms with Crippen LogP contribution in [0.15, 0.2) is 23.8 Å². The van der Waals surface area contributed by atoms with Crippen LogP contribution < -0.4 is 0 Å². The second kappa shape index (κ2) is 9.16. The predicted molar refractivity (Wildman–Crippen MR) is 132 cm³/mol. The van der Waals surface area contributed by atoms with Crippen molar-refractivity contribution in [3.63, 3.8) is 0 Å². The molecular weight excluding hydrogens is 476 g/mol. The van der Waals surface area contributed by atoms with Crippen LogP contribution in [0.1, 0.15) is 73.1 Å². The van der Waals surface area contributed by atoms with Gasteiger partial charge in [0.05, 0.1) is 6.10 Å². The maximum atomic E-state index is 13.9. The third-order valence-electron chi connectivity index (χ3n) is 9.93. The first kappa shape index (κ1) is 26.3. The summed E-state index contributed by atoms with van der Waals surface area (Å²) in [5.74, 6) is -1.03. The minimum absolute atomic E-state index is 0.00945. The number of ketones is 2. The van der Waals surface area contributed by atoms with E-state index in [1.807, 2.05) is 13.0 Å². The normalized spacial score (nSPS) is 43.7. The Bertz CT molecular complexity index is 1080. The van der Waals surface area contributed by atoms with Crippen molar-refractivity contribution in [3.05, 3.63) is 23.8 Å². The minimum Gasteiger partial charge on any atom is -0.462 e. The molecule has 4 fully saturated rings. The van der Waals surface area contributed by atoms with Crippen molar-refractivity contribution in [2.45, 2.75) is 97.2 Å². The van der Waals surface area contributed by atoms with E-state index in [-0.39, 0.29) is 41.9 Å². The van der Waals surface area contributed by atoms with Crippen molar-refractivity contribution in [2.75, 3.05) is 6.61 Å². The monoisotopic (exact) mass is 514 g/mol. The van der Waals surface area contributed by atoms with Crippen molar-refractivity contribution in [2.24, 2.45) is 28.6 Å². The van der Waals surface area contributed by atoms with E-state index in [1.54, 1.807) is 12.2 Å². The first-order chi connectivity index (χ1) is 17.5. The summed E-state index contributed by atoms with van der Waals surface area (Å²) in [7, 11) is 0. The van der Waals surface area contributed by atoms with Gasteiger partial charge in [-0.1, -0.05) is 38.8 Å². The maximum Gasteiger partial charge on any atom is 0.303 e. The summed E-state index contributed by atoms with van der Waals surface area (Å²) in [5, 5.41) is 0. The number of Topliss-reactive ketones (excluding diaryl/α,β-unsaturated/α-hetero) is 1. The highest BCUT2D eigenvalue weighted by atomic mass is 16.7. The molecule has 1 saturated heterocycles. The Morgan fingerprint density at radius 1 is 1.16 bits per heavy atom. The van der Waals surface area contributed by atoms with Gasteiger partial charge in [-0.25, -0.2) is 0 Å². The summed E-state index contributed by atoms with van der Waals surface area (Å²) in [6.45, 7) is 8.57. The van der Waals surface area contributed by atoms with Crippen LogP contribution >= 0.6 is 0 Å². The van der Waals surface area contributed by atoms with E-state index in [1.165, 1.54) is 13.8 Å². The maximum absolute atomic E-state index is 13.9. The second-order valence-electron chi connectivity index (χ2n) is 11.9. The van der Waals surface area contributed by atoms with Crippen molar-refractivity contribution in [1.82, 2.24) is 0 Å². The summed E-state index contributed by atoms with van der Waals surface area (Å²) in [4.78, 5) is 50.1. The van der Waals surface area contributed by atoms with Crippen LogP contribution in [-0.2, 0) is 38.1 Å². The average molecular weight is 515 g/mol. The lowest BCUT2D eigenvalue weighted by atomic mass is 9.46. The topological polar surface area (TPSA) is 105 Å². The number of rotatable bonds is 6. The number of allylic oxidation sites excluding steroid dienone is 4. The van der Waals surface area contributed by atoms with Gasteiger partial charge in [0.15, 0.2) is 24.3 Å². The fourth-order valence-electron chi connectivity index (χ4n) is 8.57. The largest absolute Gasteiger partial charge is 0.462 e. The Morgan fingerprint density at radius 2 is 1.92 bits per heavy atom. The summed E-state index contributed by atoms with van der Waals surface area (Å²) in [6, 6.07) is 0. The van der Waals surface area contributed by atoms with Gasteiger partial charge in [0.2, 0.25) is 5.78 Å². The van der Waals surface area contributed by atoms with Gasteiger partial charge in [0.25, 0.3) is 0 Å². The molecule has 8 nitrogen and oxygen atoms in total. The van der Waals surface area contributed by atoms with Crippen LogP contribution in [0.3, 0.4) is 0 Å². The number of ether oxygens (including phenoxy) is 4. The van der Waals surface area contributed by atoms with Crippen molar-refractivity contribution < 1.29 is 38.1 Å². The highest BCUT2D eigenvalue weighted by Gasteiger charge is 2.76. The SMILES string of the molecule is CCC[C@H]1O[C@@H]2C[C@@H]3[C@@H]4CCC5=CC(=O)C=C[C@]5(C)[C@@H]4[C@H](OC(C)=O)C[C@]3(C)[C@]2(C(=O)COC(C)=O)O1. The molecule has 0 aromatic heterocycles. The average Bonchev–Trinajstić information content (AvgIpc) is 3.29. The molecule has 0 aromatic carbocycles. The molecule has 0 amide bonds. The van der Waals surface area contributed by atoms with Gasteiger partial charge in [0, 0.05) is 30.6 Å². The highest BCUT2D eigenvalue weighted by molar-refractivity contribution is 6.01. The Morgan fingerprint density at radius 3 is 2.59 bits per heavy atom. The van der Waals surface area contributed by atoms with Gasteiger partial charge < -0.3 is 18.9 Å². The van der Waals surface area contributed by atoms with Gasteiger partial charge in [-0.2, -0.15) is 0 Å². The predicted octanol–water partition coefficient (Wildman–Crippen LogP) is 3.86. The fourth-order valence-corrected chi connectivity index (χ4v) is 8.57. The van der Waals surface area contributed by atoms with Gasteiger partial charge in [-0.15, -0.1) is 0 Å². The van der Waals surface area contributed by atoms with Crippen LogP contribution in [-0.4, -0.2) is 54.2 Å². The van der Waals surface area contributed by atoms with E-state index in [9.17, 15) is 19.2 Å². The Kier molecular flexibility index (Phi) is 6.51. The van der Waals surface area contributed by atoms with Crippen molar-refractivity contribution in [3.8, 4) is 0 Å². The van der Waals surface area contributed by atoms with Crippen LogP contribution in [0.25, 0.3) is 0 Å². The zero-order valence-electron chi connectivity index (χ0n) is 22.4. The molecule has 1 heterocycles. The van der Waals surface area contributed by atoms with E-state index in [0.29, 0.717) is 19.3 Å². The van der Waals surface area contributed by atoms with Gasteiger partial charge in [-0.3, -0.25) is 19.2 Å². The molecule has 0 N–H and O–H groups in total. The minimum atomic E-state index is -1.29. The summed E-state index contributed by atoms with van der Waals surface area (Å²) >= 11 is 0. The molecule has 0 bridgehead atoms. The number of carbonyl (C=O) groups excluding carboxylic acids is 4. The molecular formula is C29H38O8. The van der Waals surface area contributed by atoms with Gasteiger partial charge >= 0.3 is 11.9 Å². The van der Waals surface area contributed by atoms with E-state index in [4.69, 9.17) is 18.9 Å². The van der Waals surface area contributed by atoms with E-state index in [0.717, 1.165) is 24.8 Å². The molecule has 9 atom stereocenters. The standard InChI is InChI=1S/C29H38O8/c1-6-7-25-36-24-13-21-20-9-8-18-12-19(32)10-11-27(18,4)26(20)22(35-17(3)31)14-28(21,5)29(24,37-25)23(33)15-34-16(2)30/h10-12,20-22,24-26H,6-9,13-15H2,1-5H3/t20-,21+,22+,24+,25-,26-,27-,28-,29+/m0/s1. The first-order valence-electron chi connectivity index (χ1n) is 13.6. The number of esters is 2. The number of hydrogen-bond donors (Lipinski definition) is 0. The third-order valence-corrected chi connectivity index (χ3v) is 9.93. The highest BCUT2D eigenvalue weighted by Crippen LogP contribution is 2.70. The molecule has 8 heteroatoms. The van der Waals surface area contributed by atoms with Gasteiger partial charge in [-0.05, 0) is 56.1 Å². The lowest BCUT2D eigenvalue weighted by molar-refractivity contribution is -0.208. The van der Waals surface area contributed by atoms with Crippen molar-refractivity contribution in [1.29, 1.82) is 0 Å². The van der Waals surface area contributed by atoms with Crippen molar-refractivity contribution >= 4 is 23.5 Å². The second-order valence-corrected chi connectivity index (χ2v) is 11.9. The smallest absolute Gasteiger partial charge is 0.303 e. The lowest BCUT2D eigenvalue weighted by Crippen LogP contribution is -2.64. The van der Waals surface area contributed by atoms with Gasteiger partial charge in [0.1, 0.15) is 6.10 Å². The summed E-state index contributed by atoms with van der Waals surface area (Å²) in [5.41, 5.74) is -1.32. The van der Waals surface area contributed by atoms with Crippen LogP contribution in [0.2, 0.25) is 0 Å². The molecule has 0 aromatic rings. The molecule has 4 aliphatic carbocycles. The third kappa shape index (κ3) is 3.85. The van der Waals surface area contributed by atoms with Crippen LogP contribution in [0.4, 0.5) is 0 Å². The van der Waals surface area contributed by atoms with Crippen LogP contribution in [0.5, 0.6) is 0 Å². The molecule has 202 valence electrons. The quantitative estimate of drug-likeness (QED) is 0.492. The Balaban J connectivity index is 1.59. The number of fused-ring (bicyclic) bond motifs is 7. The fraction of sp³-hybridized carbons (Fsp3) is 0.724. The molecule has 1 aliphatic heterocycles. The first-order valence-corrected chi connectivity index (χ1v) is 13.6. The molecule has 37 heavy (non-hydrogen) atoms. The van der Waals surface area contributed by atoms with E-state index in [2.05, 4.69) is 13.8 Å². The molecule has 5 rings (SSSR count). The molecule has 0 spiro atoms. The molecule has 5 aliphatic rings. The molecule has 0 unspecified atom stereocenters. The zero-order valence-corrected chi connectivity index (χ0v) is 22.4. The van der Waals surface area contributed by atoms with E-state index >= 15 is 0 Å². The molecule has 0 radical (unpaired) electrons. The zero-order chi connectivity index (χ0) is 26.8. The summed E-state index contributed by atoms with van der Waals surface area (Å²) in [6.07, 6.45) is 8.07. The lowest BCUT2D eigenvalue weighted by Gasteiger charge is -2.60. The number of hydrogen-bond acceptors (Lipinski definition) is 8. The van der Waals surface area contributed by atoms with E-state index < -0.39 is 40.9 Å². The Hall–Kier alpha value is -2.32. The molecule has 3 saturated carbocycles.